The van der Waals surface area contributed by atoms with Crippen molar-refractivity contribution in [2.45, 2.75) is 31.1 Å². The van der Waals surface area contributed by atoms with Crippen molar-refractivity contribution in [1.29, 1.82) is 0 Å². The van der Waals surface area contributed by atoms with E-state index in [9.17, 15) is 4.79 Å². The number of hydrogen-bond donors (Lipinski definition) is 1. The van der Waals surface area contributed by atoms with Crippen LogP contribution in [0.25, 0.3) is 0 Å². The lowest BCUT2D eigenvalue weighted by Crippen LogP contribution is -2.30. The molecule has 0 aliphatic heterocycles. The molecule has 3 rings (SSSR count). The van der Waals surface area contributed by atoms with Gasteiger partial charge in [0.25, 0.3) is 0 Å². The lowest BCUT2D eigenvalue weighted by Gasteiger charge is -2.15. The molecule has 0 unspecified atom stereocenters. The average Bonchev–Trinajstić information content (AvgIpc) is 3.25. The lowest BCUT2D eigenvalue weighted by molar-refractivity contribution is -0.121. The number of carbonyl (C=O) groups excluding carboxylic acids is 1. The number of hydrogen-bond acceptors (Lipinski definition) is 7. The summed E-state index contributed by atoms with van der Waals surface area (Å²) in [4.78, 5) is 12.6. The van der Waals surface area contributed by atoms with Gasteiger partial charge in [-0.15, -0.1) is 16.8 Å². The summed E-state index contributed by atoms with van der Waals surface area (Å²) in [5, 5.41) is 12.4. The SMILES string of the molecule is C=CCn1c(SCCOc2ccc(OC)cc2)nnc1[C@H](C)NC(=O)Cc1ccc(OC)cc1. The first-order valence-corrected chi connectivity index (χ1v) is 11.9. The molecule has 3 aromatic rings. The summed E-state index contributed by atoms with van der Waals surface area (Å²) in [6, 6.07) is 14.6. The number of allylic oxidation sites excluding steroid dienone is 1. The number of benzene rings is 2. The first-order chi connectivity index (χ1) is 16.5. The third-order valence-corrected chi connectivity index (χ3v) is 5.92. The van der Waals surface area contributed by atoms with Crippen LogP contribution < -0.4 is 19.5 Å². The van der Waals surface area contributed by atoms with E-state index in [1.54, 1.807) is 32.1 Å². The van der Waals surface area contributed by atoms with Gasteiger partial charge in [0.15, 0.2) is 11.0 Å². The van der Waals surface area contributed by atoms with E-state index in [0.717, 1.165) is 28.0 Å². The van der Waals surface area contributed by atoms with E-state index in [2.05, 4.69) is 22.1 Å². The maximum absolute atomic E-state index is 12.6. The zero-order valence-corrected chi connectivity index (χ0v) is 20.5. The van der Waals surface area contributed by atoms with Crippen LogP contribution in [0.15, 0.2) is 66.3 Å². The van der Waals surface area contributed by atoms with Gasteiger partial charge in [0, 0.05) is 12.3 Å². The van der Waals surface area contributed by atoms with E-state index in [4.69, 9.17) is 14.2 Å². The number of rotatable bonds is 13. The van der Waals surface area contributed by atoms with E-state index in [-0.39, 0.29) is 18.4 Å². The molecule has 0 radical (unpaired) electrons. The minimum absolute atomic E-state index is 0.0899. The van der Waals surface area contributed by atoms with Crippen LogP contribution in [0.3, 0.4) is 0 Å². The molecule has 1 amide bonds. The fraction of sp³-hybridized carbons (Fsp3) is 0.320. The smallest absolute Gasteiger partial charge is 0.224 e. The topological polar surface area (TPSA) is 87.5 Å². The summed E-state index contributed by atoms with van der Waals surface area (Å²) in [5.74, 6) is 3.61. The van der Waals surface area contributed by atoms with Gasteiger partial charge in [-0.25, -0.2) is 0 Å². The van der Waals surface area contributed by atoms with E-state index >= 15 is 0 Å². The van der Waals surface area contributed by atoms with E-state index in [0.29, 0.717) is 24.7 Å². The van der Waals surface area contributed by atoms with Crippen molar-refractivity contribution in [2.75, 3.05) is 26.6 Å². The zero-order chi connectivity index (χ0) is 24.3. The molecular formula is C25H30N4O4S. The van der Waals surface area contributed by atoms with Gasteiger partial charge >= 0.3 is 0 Å². The van der Waals surface area contributed by atoms with Gasteiger partial charge < -0.3 is 24.1 Å². The molecule has 8 nitrogen and oxygen atoms in total. The molecule has 0 saturated carbocycles. The number of nitrogens with one attached hydrogen (secondary N) is 1. The molecule has 9 heteroatoms. The summed E-state index contributed by atoms with van der Waals surface area (Å²) < 4.78 is 18.1. The average molecular weight is 483 g/mol. The lowest BCUT2D eigenvalue weighted by atomic mass is 10.1. The molecule has 0 bridgehead atoms. The second-order valence-corrected chi connectivity index (χ2v) is 8.49. The molecule has 2 aromatic carbocycles. The molecule has 1 N–H and O–H groups in total. The molecule has 0 aliphatic rings. The number of amides is 1. The van der Waals surface area contributed by atoms with Crippen LogP contribution in [0.4, 0.5) is 0 Å². The zero-order valence-electron chi connectivity index (χ0n) is 19.7. The molecule has 0 aliphatic carbocycles. The highest BCUT2D eigenvalue weighted by atomic mass is 32.2. The number of carbonyl (C=O) groups is 1. The van der Waals surface area contributed by atoms with Gasteiger partial charge in [0.2, 0.25) is 5.91 Å². The number of methoxy groups -OCH3 is 2. The number of thioether (sulfide) groups is 1. The Hall–Kier alpha value is -3.46. The third-order valence-electron chi connectivity index (χ3n) is 4.99. The van der Waals surface area contributed by atoms with Crippen molar-refractivity contribution in [2.24, 2.45) is 0 Å². The number of ether oxygens (including phenoxy) is 3. The third kappa shape index (κ3) is 7.02. The quantitative estimate of drug-likeness (QED) is 0.223. The molecule has 180 valence electrons. The Morgan fingerprint density at radius 1 is 1.06 bits per heavy atom. The molecule has 0 fully saturated rings. The van der Waals surface area contributed by atoms with Crippen LogP contribution in [0.1, 0.15) is 24.4 Å². The fourth-order valence-corrected chi connectivity index (χ4v) is 4.05. The van der Waals surface area contributed by atoms with Crippen molar-refractivity contribution in [1.82, 2.24) is 20.1 Å². The summed E-state index contributed by atoms with van der Waals surface area (Å²) in [6.07, 6.45) is 2.06. The molecule has 0 spiro atoms. The Morgan fingerprint density at radius 3 is 2.29 bits per heavy atom. The summed E-state index contributed by atoms with van der Waals surface area (Å²) in [7, 11) is 3.25. The van der Waals surface area contributed by atoms with Crippen molar-refractivity contribution in [3.05, 3.63) is 72.6 Å². The van der Waals surface area contributed by atoms with Gasteiger partial charge in [-0.1, -0.05) is 30.0 Å². The minimum atomic E-state index is -0.303. The Labute approximate surface area is 204 Å². The molecule has 0 saturated heterocycles. The van der Waals surface area contributed by atoms with Crippen molar-refractivity contribution < 1.29 is 19.0 Å². The second kappa shape index (κ2) is 12.7. The summed E-state index contributed by atoms with van der Waals surface area (Å²) >= 11 is 1.54. The summed E-state index contributed by atoms with van der Waals surface area (Å²) in [6.45, 7) is 6.80. The van der Waals surface area contributed by atoms with Crippen molar-refractivity contribution in [3.63, 3.8) is 0 Å². The maximum Gasteiger partial charge on any atom is 0.224 e. The van der Waals surface area contributed by atoms with Gasteiger partial charge in [-0.3, -0.25) is 4.79 Å². The summed E-state index contributed by atoms with van der Waals surface area (Å²) in [5.41, 5.74) is 0.908. The highest BCUT2D eigenvalue weighted by molar-refractivity contribution is 7.99. The van der Waals surface area contributed by atoms with Gasteiger partial charge in [0.1, 0.15) is 17.2 Å². The van der Waals surface area contributed by atoms with Gasteiger partial charge in [0.05, 0.1) is 33.3 Å². The highest BCUT2D eigenvalue weighted by Gasteiger charge is 2.19. The Kier molecular flexibility index (Phi) is 9.40. The van der Waals surface area contributed by atoms with Crippen LogP contribution in [0.2, 0.25) is 0 Å². The van der Waals surface area contributed by atoms with E-state index < -0.39 is 0 Å². The molecular weight excluding hydrogens is 452 g/mol. The molecule has 34 heavy (non-hydrogen) atoms. The van der Waals surface area contributed by atoms with Crippen molar-refractivity contribution in [3.8, 4) is 17.2 Å². The highest BCUT2D eigenvalue weighted by Crippen LogP contribution is 2.22. The van der Waals surface area contributed by atoms with Crippen molar-refractivity contribution >= 4 is 17.7 Å². The van der Waals surface area contributed by atoms with E-state index in [1.807, 2.05) is 60.0 Å². The van der Waals surface area contributed by atoms with Crippen LogP contribution in [-0.4, -0.2) is 47.3 Å². The normalized spacial score (nSPS) is 11.5. The van der Waals surface area contributed by atoms with Gasteiger partial charge in [-0.05, 0) is 48.9 Å². The molecule has 1 heterocycles. The van der Waals surface area contributed by atoms with Crippen LogP contribution in [0, 0.1) is 0 Å². The second-order valence-electron chi connectivity index (χ2n) is 7.43. The predicted molar refractivity (Wildman–Crippen MR) is 133 cm³/mol. The largest absolute Gasteiger partial charge is 0.497 e. The minimum Gasteiger partial charge on any atom is -0.497 e. The Balaban J connectivity index is 1.54. The van der Waals surface area contributed by atoms with Crippen LogP contribution >= 0.6 is 11.8 Å². The fourth-order valence-electron chi connectivity index (χ4n) is 3.28. The molecule has 1 atom stereocenters. The van der Waals surface area contributed by atoms with E-state index in [1.165, 1.54) is 0 Å². The first kappa shape index (κ1) is 25.2. The maximum atomic E-state index is 12.6. The standard InChI is InChI=1S/C25H30N4O4S/c1-5-14-29-24(18(2)26-23(30)17-19-6-8-20(31-3)9-7-19)27-28-25(29)34-16-15-33-22-12-10-21(32-4)11-13-22/h5-13,18H,1,14-17H2,2-4H3,(H,26,30)/t18-/m0/s1. The van der Waals surface area contributed by atoms with Crippen LogP contribution in [0.5, 0.6) is 17.2 Å². The Morgan fingerprint density at radius 2 is 1.68 bits per heavy atom. The molecule has 1 aromatic heterocycles. The number of nitrogens with zero attached hydrogens (tertiary/aromatic N) is 3. The Bertz CT molecular complexity index is 1070. The monoisotopic (exact) mass is 482 g/mol. The predicted octanol–water partition coefficient (Wildman–Crippen LogP) is 4.07. The van der Waals surface area contributed by atoms with Gasteiger partial charge in [-0.2, -0.15) is 0 Å². The van der Waals surface area contributed by atoms with Crippen LogP contribution in [-0.2, 0) is 17.8 Å². The first-order valence-electron chi connectivity index (χ1n) is 10.9. The number of aromatic nitrogens is 3.